The molecule has 3 atom stereocenters. The fraction of sp³-hybridized carbons (Fsp3) is 0.333. The average molecular weight is 560 g/mol. The number of amides is 1. The summed E-state index contributed by atoms with van der Waals surface area (Å²) < 4.78 is 40.7. The molecule has 1 unspecified atom stereocenters. The van der Waals surface area contributed by atoms with E-state index in [1.807, 2.05) is 53.2 Å². The molecule has 1 saturated carbocycles. The van der Waals surface area contributed by atoms with Crippen molar-refractivity contribution >= 4 is 34.8 Å². The Bertz CT molecular complexity index is 1590. The van der Waals surface area contributed by atoms with Gasteiger partial charge < -0.3 is 5.32 Å². The summed E-state index contributed by atoms with van der Waals surface area (Å²) in [4.78, 5) is 26.4. The molecule has 2 aliphatic carbocycles. The van der Waals surface area contributed by atoms with Crippen molar-refractivity contribution in [3.8, 4) is 0 Å². The number of rotatable bonds is 5. The van der Waals surface area contributed by atoms with Crippen LogP contribution in [-0.4, -0.2) is 50.7 Å². The number of fused-ring (bicyclic) bond motifs is 5. The molecule has 210 valence electrons. The minimum atomic E-state index is -4.42. The lowest BCUT2D eigenvalue weighted by molar-refractivity contribution is -0.137. The molecule has 1 fully saturated rings. The monoisotopic (exact) mass is 559 g/mol. The minimum Gasteiger partial charge on any atom is -0.340 e. The van der Waals surface area contributed by atoms with E-state index < -0.39 is 11.7 Å². The largest absolute Gasteiger partial charge is 0.417 e. The van der Waals surface area contributed by atoms with Crippen molar-refractivity contribution in [1.82, 2.24) is 19.7 Å². The van der Waals surface area contributed by atoms with Gasteiger partial charge in [0.05, 0.1) is 23.3 Å². The van der Waals surface area contributed by atoms with Crippen LogP contribution in [0.25, 0.3) is 5.57 Å². The number of nitrogens with one attached hydrogen (secondary N) is 1. The molecule has 1 aromatic carbocycles. The topological polar surface area (TPSA) is 78.7 Å². The lowest BCUT2D eigenvalue weighted by Gasteiger charge is -2.34. The average Bonchev–Trinajstić information content (AvgIpc) is 3.66. The Kier molecular flexibility index (Phi) is 5.98. The minimum absolute atomic E-state index is 0.0599. The Morgan fingerprint density at radius 2 is 1.93 bits per heavy atom. The van der Waals surface area contributed by atoms with Gasteiger partial charge in [0.15, 0.2) is 5.82 Å². The van der Waals surface area contributed by atoms with Crippen molar-refractivity contribution in [3.05, 3.63) is 83.7 Å². The molecular formula is C30H28F3N7O. The van der Waals surface area contributed by atoms with Gasteiger partial charge in [-0.05, 0) is 55.5 Å². The van der Waals surface area contributed by atoms with Crippen LogP contribution in [0.1, 0.15) is 47.3 Å². The first kappa shape index (κ1) is 25.6. The lowest BCUT2D eigenvalue weighted by Crippen LogP contribution is -2.51. The lowest BCUT2D eigenvalue weighted by atomic mass is 9.95. The molecule has 2 aliphatic heterocycles. The third-order valence-corrected chi connectivity index (χ3v) is 8.27. The van der Waals surface area contributed by atoms with Gasteiger partial charge in [0, 0.05) is 31.4 Å². The number of allylic oxidation sites excluding steroid dienone is 4. The van der Waals surface area contributed by atoms with Gasteiger partial charge in [0.1, 0.15) is 11.4 Å². The number of guanidine groups is 1. The molecular weight excluding hydrogens is 531 g/mol. The number of pyridine rings is 1. The Labute approximate surface area is 234 Å². The number of aliphatic imine (C=N–C) groups is 1. The molecule has 4 heterocycles. The zero-order chi connectivity index (χ0) is 28.3. The fourth-order valence-electron chi connectivity index (χ4n) is 6.17. The second-order valence-corrected chi connectivity index (χ2v) is 10.9. The van der Waals surface area contributed by atoms with Crippen molar-refractivity contribution in [2.24, 2.45) is 10.9 Å². The maximum atomic E-state index is 13.7. The molecule has 0 radical (unpaired) electrons. The number of para-hydroxylation sites is 1. The van der Waals surface area contributed by atoms with E-state index in [9.17, 15) is 18.0 Å². The number of anilines is 3. The number of halogens is 3. The Hall–Kier alpha value is -4.41. The first-order valence-corrected chi connectivity index (χ1v) is 13.8. The van der Waals surface area contributed by atoms with E-state index in [0.717, 1.165) is 42.8 Å². The van der Waals surface area contributed by atoms with E-state index in [2.05, 4.69) is 15.2 Å². The SMILES string of the molecule is CN1C(=O)c2c(nn(CC3C=CC(c4ccc(C(F)(F)F)cn4)=CC3)c2Nc2ccccc2)N2C1=N[C@@H]1CCC[C@@H]12. The summed E-state index contributed by atoms with van der Waals surface area (Å²) in [7, 11) is 1.77. The van der Waals surface area contributed by atoms with Crippen molar-refractivity contribution in [2.75, 3.05) is 17.3 Å². The van der Waals surface area contributed by atoms with Crippen LogP contribution < -0.4 is 10.2 Å². The van der Waals surface area contributed by atoms with Gasteiger partial charge in [-0.25, -0.2) is 9.67 Å². The molecule has 1 N–H and O–H groups in total. The molecule has 7 rings (SSSR count). The summed E-state index contributed by atoms with van der Waals surface area (Å²) in [6.45, 7) is 0.508. The number of hydrogen-bond acceptors (Lipinski definition) is 6. The Balaban J connectivity index is 1.19. The van der Waals surface area contributed by atoms with Gasteiger partial charge in [0.2, 0.25) is 5.96 Å². The first-order chi connectivity index (χ1) is 19.8. The summed E-state index contributed by atoms with van der Waals surface area (Å²) in [5.41, 5.74) is 1.89. The zero-order valence-corrected chi connectivity index (χ0v) is 22.3. The van der Waals surface area contributed by atoms with Crippen LogP contribution >= 0.6 is 0 Å². The molecule has 0 saturated heterocycles. The zero-order valence-electron chi connectivity index (χ0n) is 22.3. The molecule has 8 nitrogen and oxygen atoms in total. The maximum Gasteiger partial charge on any atom is 0.417 e. The number of nitrogens with zero attached hydrogens (tertiary/aromatic N) is 6. The van der Waals surface area contributed by atoms with Crippen molar-refractivity contribution < 1.29 is 18.0 Å². The molecule has 3 aromatic rings. The third-order valence-electron chi connectivity index (χ3n) is 8.27. The van der Waals surface area contributed by atoms with Crippen LogP contribution in [0.15, 0.2) is 71.9 Å². The van der Waals surface area contributed by atoms with Crippen LogP contribution in [-0.2, 0) is 12.7 Å². The third kappa shape index (κ3) is 4.39. The van der Waals surface area contributed by atoms with E-state index >= 15 is 0 Å². The van der Waals surface area contributed by atoms with Crippen LogP contribution in [0.4, 0.5) is 30.5 Å². The van der Waals surface area contributed by atoms with Crippen molar-refractivity contribution in [2.45, 2.75) is 50.5 Å². The highest BCUT2D eigenvalue weighted by Crippen LogP contribution is 2.43. The maximum absolute atomic E-state index is 13.7. The quantitative estimate of drug-likeness (QED) is 0.422. The summed E-state index contributed by atoms with van der Waals surface area (Å²) in [5.74, 6) is 1.86. The predicted octanol–water partition coefficient (Wildman–Crippen LogP) is 5.88. The van der Waals surface area contributed by atoms with E-state index in [1.54, 1.807) is 11.9 Å². The molecule has 1 amide bonds. The van der Waals surface area contributed by atoms with E-state index in [-0.39, 0.29) is 23.9 Å². The Morgan fingerprint density at radius 3 is 2.63 bits per heavy atom. The molecule has 4 aliphatic rings. The number of aromatic nitrogens is 3. The van der Waals surface area contributed by atoms with E-state index in [1.165, 1.54) is 6.07 Å². The fourth-order valence-corrected chi connectivity index (χ4v) is 6.17. The van der Waals surface area contributed by atoms with Crippen molar-refractivity contribution in [3.63, 3.8) is 0 Å². The second-order valence-electron chi connectivity index (χ2n) is 10.9. The number of benzene rings is 1. The standard InChI is InChI=1S/C30H28F3N7O/c1-38-28(41)25-26(35-21-6-3-2-4-7-21)39(37-27(25)40-24-9-5-8-23(24)36-29(38)40)17-18-10-12-19(13-11-18)22-15-14-20(16-34-22)30(31,32)33/h2-4,6-7,10,12-16,18,23-24,35H,5,8-9,11,17H2,1H3/t18?,23-,24+/m1/s1. The summed E-state index contributed by atoms with van der Waals surface area (Å²) in [6, 6.07) is 12.5. The van der Waals surface area contributed by atoms with Gasteiger partial charge in [-0.1, -0.05) is 36.4 Å². The van der Waals surface area contributed by atoms with Gasteiger partial charge in [-0.3, -0.25) is 19.6 Å². The highest BCUT2D eigenvalue weighted by Gasteiger charge is 2.49. The summed E-state index contributed by atoms with van der Waals surface area (Å²) >= 11 is 0. The number of carbonyl (C=O) groups is 1. The molecule has 11 heteroatoms. The number of hydrogen-bond donors (Lipinski definition) is 1. The van der Waals surface area contributed by atoms with Crippen molar-refractivity contribution in [1.29, 1.82) is 0 Å². The van der Waals surface area contributed by atoms with Crippen LogP contribution in [0, 0.1) is 5.92 Å². The highest BCUT2D eigenvalue weighted by atomic mass is 19.4. The molecule has 2 aromatic heterocycles. The van der Waals surface area contributed by atoms with Crippen LogP contribution in [0.3, 0.4) is 0 Å². The molecule has 0 spiro atoms. The Morgan fingerprint density at radius 1 is 1.10 bits per heavy atom. The van der Waals surface area contributed by atoms with E-state index in [0.29, 0.717) is 41.8 Å². The smallest absolute Gasteiger partial charge is 0.340 e. The molecule has 41 heavy (non-hydrogen) atoms. The van der Waals surface area contributed by atoms with Gasteiger partial charge >= 0.3 is 6.18 Å². The molecule has 0 bridgehead atoms. The first-order valence-electron chi connectivity index (χ1n) is 13.8. The normalized spacial score (nSPS) is 23.2. The predicted molar refractivity (Wildman–Crippen MR) is 150 cm³/mol. The van der Waals surface area contributed by atoms with Gasteiger partial charge in [-0.2, -0.15) is 18.3 Å². The van der Waals surface area contributed by atoms with Gasteiger partial charge in [-0.15, -0.1) is 0 Å². The van der Waals surface area contributed by atoms with Crippen LogP contribution in [0.2, 0.25) is 0 Å². The summed E-state index contributed by atoms with van der Waals surface area (Å²) in [5, 5.41) is 8.47. The van der Waals surface area contributed by atoms with Crippen LogP contribution in [0.5, 0.6) is 0 Å². The second kappa shape index (κ2) is 9.60. The highest BCUT2D eigenvalue weighted by molar-refractivity contribution is 6.21. The summed E-state index contributed by atoms with van der Waals surface area (Å²) in [6.07, 6.45) is 6.12. The number of alkyl halides is 3. The van der Waals surface area contributed by atoms with E-state index in [4.69, 9.17) is 10.1 Å². The van der Waals surface area contributed by atoms with Gasteiger partial charge in [0.25, 0.3) is 5.91 Å². The number of carbonyl (C=O) groups excluding carboxylic acids is 1.